The summed E-state index contributed by atoms with van der Waals surface area (Å²) in [4.78, 5) is 26.0. The highest BCUT2D eigenvalue weighted by molar-refractivity contribution is 6.01. The second kappa shape index (κ2) is 3.57. The van der Waals surface area contributed by atoms with Gasteiger partial charge in [0.15, 0.2) is 0 Å². The predicted octanol–water partition coefficient (Wildman–Crippen LogP) is 2.06. The molecule has 0 spiro atoms. The van der Waals surface area contributed by atoms with Gasteiger partial charge in [-0.05, 0) is 24.2 Å². The minimum absolute atomic E-state index is 0.0638. The fourth-order valence-electron chi connectivity index (χ4n) is 3.23. The molecule has 2 atom stereocenters. The van der Waals surface area contributed by atoms with Crippen molar-refractivity contribution in [1.29, 1.82) is 0 Å². The van der Waals surface area contributed by atoms with Gasteiger partial charge in [0.25, 0.3) is 0 Å². The van der Waals surface area contributed by atoms with Crippen LogP contribution in [0, 0.1) is 23.2 Å². The van der Waals surface area contributed by atoms with Crippen molar-refractivity contribution in [3.63, 3.8) is 0 Å². The fourth-order valence-corrected chi connectivity index (χ4v) is 3.23. The molecule has 0 aromatic carbocycles. The molecule has 0 N–H and O–H groups in total. The third-order valence-corrected chi connectivity index (χ3v) is 4.22. The standard InChI is InChI=1S/C13H21NO2/c1-8(2)7-14-11(15)9-5-6-10(12(14)16)13(9,3)4/h8-10H,5-7H2,1-4H3. The molecule has 2 fully saturated rings. The van der Waals surface area contributed by atoms with Crippen LogP contribution < -0.4 is 0 Å². The van der Waals surface area contributed by atoms with Crippen LogP contribution in [0.15, 0.2) is 0 Å². The second-order valence-corrected chi connectivity index (χ2v) is 6.18. The molecule has 3 nitrogen and oxygen atoms in total. The average Bonchev–Trinajstić information content (AvgIpc) is 2.40. The van der Waals surface area contributed by atoms with E-state index in [-0.39, 0.29) is 29.1 Å². The number of fused-ring (bicyclic) bond motifs is 2. The summed E-state index contributed by atoms with van der Waals surface area (Å²) in [5, 5.41) is 0. The van der Waals surface area contributed by atoms with Gasteiger partial charge in [-0.25, -0.2) is 0 Å². The molecular formula is C13H21NO2. The molecule has 1 saturated carbocycles. The lowest BCUT2D eigenvalue weighted by atomic mass is 9.71. The van der Waals surface area contributed by atoms with E-state index in [1.807, 2.05) is 13.8 Å². The molecule has 2 amide bonds. The van der Waals surface area contributed by atoms with Crippen molar-refractivity contribution in [2.45, 2.75) is 40.5 Å². The van der Waals surface area contributed by atoms with E-state index in [4.69, 9.17) is 0 Å². The van der Waals surface area contributed by atoms with Crippen LogP contribution in [0.2, 0.25) is 0 Å². The van der Waals surface area contributed by atoms with Crippen molar-refractivity contribution >= 4 is 11.8 Å². The minimum Gasteiger partial charge on any atom is -0.282 e. The highest BCUT2D eigenvalue weighted by Crippen LogP contribution is 2.52. The molecule has 90 valence electrons. The van der Waals surface area contributed by atoms with Gasteiger partial charge < -0.3 is 0 Å². The van der Waals surface area contributed by atoms with Gasteiger partial charge in [0.1, 0.15) is 0 Å². The Morgan fingerprint density at radius 1 is 1.19 bits per heavy atom. The molecule has 16 heavy (non-hydrogen) atoms. The Morgan fingerprint density at radius 3 is 2.00 bits per heavy atom. The first kappa shape index (κ1) is 11.6. The Hall–Kier alpha value is -0.860. The summed E-state index contributed by atoms with van der Waals surface area (Å²) in [7, 11) is 0. The number of likely N-dealkylation sites (tertiary alicyclic amines) is 1. The van der Waals surface area contributed by atoms with Crippen LogP contribution in [0.4, 0.5) is 0 Å². The molecule has 2 bridgehead atoms. The van der Waals surface area contributed by atoms with Crippen LogP contribution in [0.25, 0.3) is 0 Å². The molecule has 3 heteroatoms. The van der Waals surface area contributed by atoms with Gasteiger partial charge >= 0.3 is 0 Å². The van der Waals surface area contributed by atoms with Gasteiger partial charge in [0.05, 0.1) is 0 Å². The van der Waals surface area contributed by atoms with Crippen LogP contribution >= 0.6 is 0 Å². The quantitative estimate of drug-likeness (QED) is 0.672. The third kappa shape index (κ3) is 1.48. The van der Waals surface area contributed by atoms with Crippen molar-refractivity contribution in [1.82, 2.24) is 4.90 Å². The van der Waals surface area contributed by atoms with E-state index in [0.29, 0.717) is 12.5 Å². The zero-order valence-corrected chi connectivity index (χ0v) is 10.6. The van der Waals surface area contributed by atoms with Gasteiger partial charge in [-0.15, -0.1) is 0 Å². The monoisotopic (exact) mass is 223 g/mol. The zero-order chi connectivity index (χ0) is 12.1. The number of hydrogen-bond donors (Lipinski definition) is 0. The van der Waals surface area contributed by atoms with Crippen molar-refractivity contribution in [3.8, 4) is 0 Å². The van der Waals surface area contributed by atoms with E-state index in [1.54, 1.807) is 0 Å². The summed E-state index contributed by atoms with van der Waals surface area (Å²) >= 11 is 0. The molecule has 0 aromatic rings. The van der Waals surface area contributed by atoms with E-state index in [0.717, 1.165) is 12.8 Å². The number of carbonyl (C=O) groups excluding carboxylic acids is 2. The molecule has 1 heterocycles. The van der Waals surface area contributed by atoms with Gasteiger partial charge in [0, 0.05) is 18.4 Å². The first-order valence-electron chi connectivity index (χ1n) is 6.21. The van der Waals surface area contributed by atoms with Gasteiger partial charge in [-0.3, -0.25) is 14.5 Å². The van der Waals surface area contributed by atoms with E-state index >= 15 is 0 Å². The number of piperidine rings is 1. The average molecular weight is 223 g/mol. The Kier molecular flexibility index (Phi) is 2.59. The van der Waals surface area contributed by atoms with Gasteiger partial charge in [0.2, 0.25) is 11.8 Å². The number of carbonyl (C=O) groups is 2. The van der Waals surface area contributed by atoms with E-state index < -0.39 is 0 Å². The molecule has 2 aliphatic rings. The lowest BCUT2D eigenvalue weighted by molar-refractivity contribution is -0.160. The summed E-state index contributed by atoms with van der Waals surface area (Å²) in [6, 6.07) is 0. The van der Waals surface area contributed by atoms with Crippen LogP contribution in [-0.4, -0.2) is 23.3 Å². The lowest BCUT2D eigenvalue weighted by Gasteiger charge is -2.41. The summed E-state index contributed by atoms with van der Waals surface area (Å²) in [6.07, 6.45) is 1.77. The molecular weight excluding hydrogens is 202 g/mol. The predicted molar refractivity (Wildman–Crippen MR) is 61.6 cm³/mol. The number of amides is 2. The Bertz CT molecular complexity index is 307. The largest absolute Gasteiger partial charge is 0.282 e. The Balaban J connectivity index is 2.28. The first-order chi connectivity index (χ1) is 7.35. The Morgan fingerprint density at radius 2 is 1.62 bits per heavy atom. The summed E-state index contributed by atoms with van der Waals surface area (Å²) < 4.78 is 0. The van der Waals surface area contributed by atoms with Crippen LogP contribution in [-0.2, 0) is 9.59 Å². The lowest BCUT2D eigenvalue weighted by Crippen LogP contribution is -2.54. The second-order valence-electron chi connectivity index (χ2n) is 6.18. The maximum atomic E-state index is 12.2. The van der Waals surface area contributed by atoms with Crippen LogP contribution in [0.1, 0.15) is 40.5 Å². The number of rotatable bonds is 2. The summed E-state index contributed by atoms with van der Waals surface area (Å²) in [6.45, 7) is 8.81. The summed E-state index contributed by atoms with van der Waals surface area (Å²) in [5.41, 5.74) is -0.123. The first-order valence-corrected chi connectivity index (χ1v) is 6.21. The van der Waals surface area contributed by atoms with Crippen molar-refractivity contribution < 1.29 is 9.59 Å². The SMILES string of the molecule is CC(C)CN1C(=O)C2CCC(C1=O)C2(C)C. The normalized spacial score (nSPS) is 32.7. The minimum atomic E-state index is -0.123. The Labute approximate surface area is 97.2 Å². The number of imide groups is 1. The molecule has 2 unspecified atom stereocenters. The molecule has 2 rings (SSSR count). The van der Waals surface area contributed by atoms with Crippen LogP contribution in [0.5, 0.6) is 0 Å². The van der Waals surface area contributed by atoms with Crippen LogP contribution in [0.3, 0.4) is 0 Å². The maximum Gasteiger partial charge on any atom is 0.232 e. The van der Waals surface area contributed by atoms with E-state index in [9.17, 15) is 9.59 Å². The van der Waals surface area contributed by atoms with E-state index in [2.05, 4.69) is 13.8 Å². The van der Waals surface area contributed by atoms with Gasteiger partial charge in [-0.2, -0.15) is 0 Å². The van der Waals surface area contributed by atoms with Crippen molar-refractivity contribution in [2.24, 2.45) is 23.2 Å². The maximum absolute atomic E-state index is 12.2. The molecule has 1 aliphatic heterocycles. The highest BCUT2D eigenvalue weighted by atomic mass is 16.2. The number of nitrogens with zero attached hydrogens (tertiary/aromatic N) is 1. The topological polar surface area (TPSA) is 37.4 Å². The van der Waals surface area contributed by atoms with Crippen molar-refractivity contribution in [3.05, 3.63) is 0 Å². The summed E-state index contributed by atoms with van der Waals surface area (Å²) in [5.74, 6) is 0.617. The third-order valence-electron chi connectivity index (χ3n) is 4.22. The van der Waals surface area contributed by atoms with Gasteiger partial charge in [-0.1, -0.05) is 27.7 Å². The molecule has 0 aromatic heterocycles. The molecule has 0 radical (unpaired) electrons. The molecule has 1 saturated heterocycles. The zero-order valence-electron chi connectivity index (χ0n) is 10.6. The highest BCUT2D eigenvalue weighted by Gasteiger charge is 2.56. The number of hydrogen-bond acceptors (Lipinski definition) is 2. The van der Waals surface area contributed by atoms with E-state index in [1.165, 1.54) is 4.90 Å². The van der Waals surface area contributed by atoms with Crippen molar-refractivity contribution in [2.75, 3.05) is 6.54 Å². The fraction of sp³-hybridized carbons (Fsp3) is 0.846. The molecule has 1 aliphatic carbocycles. The smallest absolute Gasteiger partial charge is 0.232 e.